The number of anilines is 1. The van der Waals surface area contributed by atoms with Crippen LogP contribution in [0.4, 0.5) is 5.82 Å². The molecule has 3 rings (SSSR count). The van der Waals surface area contributed by atoms with Crippen molar-refractivity contribution in [3.8, 4) is 0 Å². The molecule has 128 valence electrons. The molecule has 0 bridgehead atoms. The standard InChI is InChI=1S/C18H23N3O3/c1-23-12-18-20-16(15-5-6-24-11-15)8-17(21-18)19-9-13-3-2-4-14(7-13)10-22/h2-4,7-8,15,22H,5-6,9-12H2,1H3,(H,19,20,21)/t15-/m0/s1. The third-order valence-electron chi connectivity index (χ3n) is 4.06. The highest BCUT2D eigenvalue weighted by Crippen LogP contribution is 2.25. The summed E-state index contributed by atoms with van der Waals surface area (Å²) in [4.78, 5) is 9.11. The summed E-state index contributed by atoms with van der Waals surface area (Å²) in [5.41, 5.74) is 3.00. The van der Waals surface area contributed by atoms with Crippen molar-refractivity contribution in [2.75, 3.05) is 25.6 Å². The van der Waals surface area contributed by atoms with Gasteiger partial charge in [-0.05, 0) is 17.5 Å². The van der Waals surface area contributed by atoms with E-state index >= 15 is 0 Å². The van der Waals surface area contributed by atoms with E-state index in [-0.39, 0.29) is 6.61 Å². The van der Waals surface area contributed by atoms with E-state index in [4.69, 9.17) is 9.47 Å². The first-order valence-corrected chi connectivity index (χ1v) is 8.15. The van der Waals surface area contributed by atoms with Gasteiger partial charge in [-0.2, -0.15) is 0 Å². The summed E-state index contributed by atoms with van der Waals surface area (Å²) in [6.07, 6.45) is 0.988. The molecule has 1 atom stereocenters. The van der Waals surface area contributed by atoms with Crippen LogP contribution in [0.2, 0.25) is 0 Å². The molecule has 0 amide bonds. The van der Waals surface area contributed by atoms with Gasteiger partial charge in [0.1, 0.15) is 12.4 Å². The fourth-order valence-corrected chi connectivity index (χ4v) is 2.81. The second-order valence-electron chi connectivity index (χ2n) is 5.92. The van der Waals surface area contributed by atoms with Crippen molar-refractivity contribution in [1.82, 2.24) is 9.97 Å². The minimum atomic E-state index is 0.0468. The molecule has 2 N–H and O–H groups in total. The molecule has 1 aromatic carbocycles. The number of nitrogens with zero attached hydrogens (tertiary/aromatic N) is 2. The van der Waals surface area contributed by atoms with E-state index in [1.807, 2.05) is 30.3 Å². The summed E-state index contributed by atoms with van der Waals surface area (Å²) in [6.45, 7) is 2.56. The fourth-order valence-electron chi connectivity index (χ4n) is 2.81. The highest BCUT2D eigenvalue weighted by atomic mass is 16.5. The second kappa shape index (κ2) is 8.19. The van der Waals surface area contributed by atoms with Crippen LogP contribution in [0.25, 0.3) is 0 Å². The minimum Gasteiger partial charge on any atom is -0.392 e. The number of methoxy groups -OCH3 is 1. The molecule has 6 heteroatoms. The number of rotatable bonds is 7. The van der Waals surface area contributed by atoms with Crippen LogP contribution in [-0.4, -0.2) is 35.4 Å². The van der Waals surface area contributed by atoms with Crippen LogP contribution < -0.4 is 5.32 Å². The van der Waals surface area contributed by atoms with Crippen molar-refractivity contribution in [3.63, 3.8) is 0 Å². The van der Waals surface area contributed by atoms with Crippen molar-refractivity contribution in [2.24, 2.45) is 0 Å². The van der Waals surface area contributed by atoms with Crippen LogP contribution in [0.1, 0.15) is 35.0 Å². The molecule has 0 unspecified atom stereocenters. The zero-order valence-electron chi connectivity index (χ0n) is 13.9. The quantitative estimate of drug-likeness (QED) is 0.811. The predicted molar refractivity (Wildman–Crippen MR) is 90.6 cm³/mol. The molecule has 1 aliphatic heterocycles. The van der Waals surface area contributed by atoms with E-state index < -0.39 is 0 Å². The van der Waals surface area contributed by atoms with Crippen molar-refractivity contribution in [2.45, 2.75) is 32.1 Å². The summed E-state index contributed by atoms with van der Waals surface area (Å²) in [5, 5.41) is 12.6. The lowest BCUT2D eigenvalue weighted by Gasteiger charge is -2.13. The van der Waals surface area contributed by atoms with Gasteiger partial charge >= 0.3 is 0 Å². The molecular formula is C18H23N3O3. The topological polar surface area (TPSA) is 76.5 Å². The maximum atomic E-state index is 9.23. The Kier molecular flexibility index (Phi) is 5.74. The normalized spacial score (nSPS) is 17.2. The maximum absolute atomic E-state index is 9.23. The van der Waals surface area contributed by atoms with Gasteiger partial charge in [0.15, 0.2) is 5.82 Å². The molecule has 1 aliphatic rings. The van der Waals surface area contributed by atoms with Gasteiger partial charge in [-0.3, -0.25) is 0 Å². The van der Waals surface area contributed by atoms with Gasteiger partial charge in [-0.15, -0.1) is 0 Å². The van der Waals surface area contributed by atoms with Gasteiger partial charge in [0.05, 0.1) is 18.9 Å². The van der Waals surface area contributed by atoms with Crippen molar-refractivity contribution < 1.29 is 14.6 Å². The van der Waals surface area contributed by atoms with Gasteiger partial charge in [0.25, 0.3) is 0 Å². The van der Waals surface area contributed by atoms with Gasteiger partial charge in [-0.1, -0.05) is 24.3 Å². The first-order valence-electron chi connectivity index (χ1n) is 8.15. The Balaban J connectivity index is 1.75. The molecule has 1 aromatic heterocycles. The SMILES string of the molecule is COCc1nc(NCc2cccc(CO)c2)cc([C@H]2CCOC2)n1. The molecule has 6 nitrogen and oxygen atoms in total. The summed E-state index contributed by atoms with van der Waals surface area (Å²) >= 11 is 0. The lowest BCUT2D eigenvalue weighted by molar-refractivity contribution is 0.177. The maximum Gasteiger partial charge on any atom is 0.156 e. The predicted octanol–water partition coefficient (Wildman–Crippen LogP) is 2.23. The van der Waals surface area contributed by atoms with Crippen LogP contribution >= 0.6 is 0 Å². The Morgan fingerprint density at radius 1 is 1.29 bits per heavy atom. The van der Waals surface area contributed by atoms with Crippen molar-refractivity contribution >= 4 is 5.82 Å². The molecule has 0 spiro atoms. The Labute approximate surface area is 141 Å². The molecule has 0 radical (unpaired) electrons. The van der Waals surface area contributed by atoms with Gasteiger partial charge in [0, 0.05) is 32.2 Å². The third kappa shape index (κ3) is 4.29. The van der Waals surface area contributed by atoms with Crippen LogP contribution in [0.15, 0.2) is 30.3 Å². The van der Waals surface area contributed by atoms with Crippen LogP contribution in [-0.2, 0) is 29.2 Å². The molecule has 2 heterocycles. The zero-order valence-corrected chi connectivity index (χ0v) is 13.9. The van der Waals surface area contributed by atoms with E-state index in [1.165, 1.54) is 0 Å². The number of aliphatic hydroxyl groups excluding tert-OH is 1. The third-order valence-corrected chi connectivity index (χ3v) is 4.06. The van der Waals surface area contributed by atoms with E-state index in [1.54, 1.807) is 7.11 Å². The number of ether oxygens (including phenoxy) is 2. The van der Waals surface area contributed by atoms with E-state index in [9.17, 15) is 5.11 Å². The van der Waals surface area contributed by atoms with Crippen molar-refractivity contribution in [1.29, 1.82) is 0 Å². The average Bonchev–Trinajstić information content (AvgIpc) is 3.15. The molecule has 2 aromatic rings. The second-order valence-corrected chi connectivity index (χ2v) is 5.92. The van der Waals surface area contributed by atoms with E-state index in [2.05, 4.69) is 15.3 Å². The Hall–Kier alpha value is -2.02. The molecule has 1 fully saturated rings. The summed E-state index contributed by atoms with van der Waals surface area (Å²) in [7, 11) is 1.64. The number of nitrogens with one attached hydrogen (secondary N) is 1. The van der Waals surface area contributed by atoms with Gasteiger partial charge in [0.2, 0.25) is 0 Å². The van der Waals surface area contributed by atoms with Gasteiger partial charge in [-0.25, -0.2) is 9.97 Å². The lowest BCUT2D eigenvalue weighted by Crippen LogP contribution is -2.10. The number of hydrogen-bond acceptors (Lipinski definition) is 6. The minimum absolute atomic E-state index is 0.0468. The van der Waals surface area contributed by atoms with E-state index in [0.717, 1.165) is 35.7 Å². The number of hydrogen-bond donors (Lipinski definition) is 2. The summed E-state index contributed by atoms with van der Waals surface area (Å²) < 4.78 is 10.7. The molecule has 0 saturated carbocycles. The number of aliphatic hydroxyl groups is 1. The van der Waals surface area contributed by atoms with Crippen LogP contribution in [0.3, 0.4) is 0 Å². The molecule has 24 heavy (non-hydrogen) atoms. The van der Waals surface area contributed by atoms with Crippen LogP contribution in [0.5, 0.6) is 0 Å². The molecular weight excluding hydrogens is 306 g/mol. The molecule has 0 aliphatic carbocycles. The Morgan fingerprint density at radius 2 is 2.17 bits per heavy atom. The smallest absolute Gasteiger partial charge is 0.156 e. The van der Waals surface area contributed by atoms with Crippen molar-refractivity contribution in [3.05, 3.63) is 53.0 Å². The highest BCUT2D eigenvalue weighted by molar-refractivity contribution is 5.39. The first-order chi connectivity index (χ1) is 11.8. The highest BCUT2D eigenvalue weighted by Gasteiger charge is 2.20. The monoisotopic (exact) mass is 329 g/mol. The Bertz CT molecular complexity index is 672. The first kappa shape index (κ1) is 16.8. The summed E-state index contributed by atoms with van der Waals surface area (Å²) in [6, 6.07) is 9.85. The average molecular weight is 329 g/mol. The largest absolute Gasteiger partial charge is 0.392 e. The van der Waals surface area contributed by atoms with Crippen LogP contribution in [0, 0.1) is 0 Å². The summed E-state index contributed by atoms with van der Waals surface area (Å²) in [5.74, 6) is 1.78. The number of aromatic nitrogens is 2. The zero-order chi connectivity index (χ0) is 16.8. The van der Waals surface area contributed by atoms with Gasteiger partial charge < -0.3 is 19.9 Å². The lowest BCUT2D eigenvalue weighted by atomic mass is 10.0. The Morgan fingerprint density at radius 3 is 2.92 bits per heavy atom. The molecule has 1 saturated heterocycles. The number of benzene rings is 1. The van der Waals surface area contributed by atoms with E-state index in [0.29, 0.717) is 31.5 Å². The fraction of sp³-hybridized carbons (Fsp3) is 0.444.